The summed E-state index contributed by atoms with van der Waals surface area (Å²) in [6.07, 6.45) is 1.96. The van der Waals surface area contributed by atoms with Gasteiger partial charge in [0.05, 0.1) is 11.7 Å². The zero-order chi connectivity index (χ0) is 18.0. The van der Waals surface area contributed by atoms with Crippen LogP contribution in [0.2, 0.25) is 5.02 Å². The van der Waals surface area contributed by atoms with Gasteiger partial charge in [0.15, 0.2) is 0 Å². The fourth-order valence-corrected chi connectivity index (χ4v) is 3.42. The van der Waals surface area contributed by atoms with E-state index in [0.29, 0.717) is 13.1 Å². The lowest BCUT2D eigenvalue weighted by Gasteiger charge is -2.36. The zero-order valence-electron chi connectivity index (χ0n) is 14.9. The highest BCUT2D eigenvalue weighted by atomic mass is 35.5. The van der Waals surface area contributed by atoms with Gasteiger partial charge in [0, 0.05) is 55.7 Å². The van der Waals surface area contributed by atoms with Crippen molar-refractivity contribution in [3.05, 3.63) is 46.7 Å². The predicted octanol–water partition coefficient (Wildman–Crippen LogP) is 2.97. The second kappa shape index (κ2) is 7.35. The molecule has 1 atom stereocenters. The van der Waals surface area contributed by atoms with Crippen molar-refractivity contribution in [3.8, 4) is 0 Å². The molecule has 2 amide bonds. The average molecular weight is 362 g/mol. The van der Waals surface area contributed by atoms with Gasteiger partial charge in [-0.15, -0.1) is 0 Å². The van der Waals surface area contributed by atoms with Gasteiger partial charge in [0.1, 0.15) is 0 Å². The van der Waals surface area contributed by atoms with E-state index in [-0.39, 0.29) is 12.1 Å². The van der Waals surface area contributed by atoms with Crippen LogP contribution in [0.4, 0.5) is 10.5 Å². The third-order valence-corrected chi connectivity index (χ3v) is 4.83. The SMILES string of the molecule is Cc1nn(C)cc1C(C)NC(=O)N1CCN(c2cccc(Cl)c2)CC1. The van der Waals surface area contributed by atoms with Gasteiger partial charge < -0.3 is 15.1 Å². The summed E-state index contributed by atoms with van der Waals surface area (Å²) in [4.78, 5) is 16.7. The van der Waals surface area contributed by atoms with E-state index in [1.165, 1.54) is 0 Å². The van der Waals surface area contributed by atoms with Crippen LogP contribution in [0.15, 0.2) is 30.5 Å². The van der Waals surface area contributed by atoms with Gasteiger partial charge in [-0.05, 0) is 32.0 Å². The molecule has 0 aliphatic carbocycles. The molecule has 0 bridgehead atoms. The van der Waals surface area contributed by atoms with E-state index >= 15 is 0 Å². The summed E-state index contributed by atoms with van der Waals surface area (Å²) in [5, 5.41) is 8.15. The Balaban J connectivity index is 1.55. The zero-order valence-corrected chi connectivity index (χ0v) is 15.6. The predicted molar refractivity (Wildman–Crippen MR) is 100 cm³/mol. The Hall–Kier alpha value is -2.21. The van der Waals surface area contributed by atoms with Crippen molar-refractivity contribution in [2.75, 3.05) is 31.1 Å². The van der Waals surface area contributed by atoms with Crippen molar-refractivity contribution in [2.24, 2.45) is 7.05 Å². The number of carbonyl (C=O) groups is 1. The van der Waals surface area contributed by atoms with Gasteiger partial charge in [-0.2, -0.15) is 5.10 Å². The van der Waals surface area contributed by atoms with E-state index < -0.39 is 0 Å². The van der Waals surface area contributed by atoms with Crippen molar-refractivity contribution in [1.82, 2.24) is 20.0 Å². The third-order valence-electron chi connectivity index (χ3n) is 4.60. The minimum Gasteiger partial charge on any atom is -0.368 e. The van der Waals surface area contributed by atoms with Crippen molar-refractivity contribution < 1.29 is 4.79 Å². The lowest BCUT2D eigenvalue weighted by Crippen LogP contribution is -2.52. The Labute approximate surface area is 153 Å². The number of benzene rings is 1. The first kappa shape index (κ1) is 17.6. The molecule has 0 saturated carbocycles. The number of aryl methyl sites for hydroxylation is 2. The summed E-state index contributed by atoms with van der Waals surface area (Å²) in [7, 11) is 1.89. The van der Waals surface area contributed by atoms with Gasteiger partial charge >= 0.3 is 6.03 Å². The van der Waals surface area contributed by atoms with Crippen molar-refractivity contribution >= 4 is 23.3 Å². The van der Waals surface area contributed by atoms with Crippen LogP contribution in [0.3, 0.4) is 0 Å². The summed E-state index contributed by atoms with van der Waals surface area (Å²) in [6, 6.07) is 7.75. The van der Waals surface area contributed by atoms with Crippen LogP contribution in [0.5, 0.6) is 0 Å². The number of piperazine rings is 1. The largest absolute Gasteiger partial charge is 0.368 e. The average Bonchev–Trinajstić information content (AvgIpc) is 2.93. The fraction of sp³-hybridized carbons (Fsp3) is 0.444. The molecule has 1 unspecified atom stereocenters. The molecule has 1 fully saturated rings. The minimum atomic E-state index is -0.0628. The van der Waals surface area contributed by atoms with E-state index in [9.17, 15) is 4.79 Å². The molecule has 25 heavy (non-hydrogen) atoms. The molecule has 0 radical (unpaired) electrons. The van der Waals surface area contributed by atoms with Gasteiger partial charge in [-0.25, -0.2) is 4.79 Å². The van der Waals surface area contributed by atoms with Crippen molar-refractivity contribution in [2.45, 2.75) is 19.9 Å². The number of aromatic nitrogens is 2. The Morgan fingerprint density at radius 3 is 2.60 bits per heavy atom. The first-order chi connectivity index (χ1) is 11.9. The number of anilines is 1. The van der Waals surface area contributed by atoms with Crippen molar-refractivity contribution in [3.63, 3.8) is 0 Å². The van der Waals surface area contributed by atoms with Gasteiger partial charge in [-0.1, -0.05) is 17.7 Å². The van der Waals surface area contributed by atoms with Crippen LogP contribution in [-0.2, 0) is 7.05 Å². The molecule has 1 saturated heterocycles. The molecule has 1 aliphatic rings. The number of nitrogens with one attached hydrogen (secondary N) is 1. The minimum absolute atomic E-state index is 0.0264. The van der Waals surface area contributed by atoms with Crippen molar-refractivity contribution in [1.29, 1.82) is 0 Å². The second-order valence-corrected chi connectivity index (χ2v) is 6.91. The first-order valence-corrected chi connectivity index (χ1v) is 8.88. The highest BCUT2D eigenvalue weighted by Gasteiger charge is 2.23. The van der Waals surface area contributed by atoms with Crippen LogP contribution in [0.1, 0.15) is 24.2 Å². The standard InChI is InChI=1S/C18H24ClN5O/c1-13(17-12-22(3)21-14(17)2)20-18(25)24-9-7-23(8-10-24)16-6-4-5-15(19)11-16/h4-6,11-13H,7-10H2,1-3H3,(H,20,25). The molecule has 3 rings (SSSR count). The van der Waals surface area contributed by atoms with E-state index in [4.69, 9.17) is 11.6 Å². The van der Waals surface area contributed by atoms with E-state index in [1.54, 1.807) is 4.68 Å². The van der Waals surface area contributed by atoms with Crippen LogP contribution in [0.25, 0.3) is 0 Å². The highest BCUT2D eigenvalue weighted by Crippen LogP contribution is 2.21. The quantitative estimate of drug-likeness (QED) is 0.914. The Morgan fingerprint density at radius 2 is 2.00 bits per heavy atom. The maximum Gasteiger partial charge on any atom is 0.317 e. The van der Waals surface area contributed by atoms with Gasteiger partial charge in [0.25, 0.3) is 0 Å². The first-order valence-electron chi connectivity index (χ1n) is 8.50. The summed E-state index contributed by atoms with van der Waals surface area (Å²) in [5.41, 5.74) is 3.10. The molecule has 0 spiro atoms. The number of halogens is 1. The molecule has 134 valence electrons. The van der Waals surface area contributed by atoms with E-state index in [0.717, 1.165) is 35.1 Å². The molecule has 6 nitrogen and oxygen atoms in total. The number of amides is 2. The fourth-order valence-electron chi connectivity index (χ4n) is 3.24. The molecule has 2 heterocycles. The second-order valence-electron chi connectivity index (χ2n) is 6.47. The molecular weight excluding hydrogens is 338 g/mol. The molecule has 1 aliphatic heterocycles. The van der Waals surface area contributed by atoms with Crippen LogP contribution < -0.4 is 10.2 Å². The number of rotatable bonds is 3. The molecule has 7 heteroatoms. The van der Waals surface area contributed by atoms with Gasteiger partial charge in [0.2, 0.25) is 0 Å². The normalized spacial score (nSPS) is 16.0. The number of urea groups is 1. The van der Waals surface area contributed by atoms with Crippen LogP contribution in [0, 0.1) is 6.92 Å². The molecule has 1 N–H and O–H groups in total. The Morgan fingerprint density at radius 1 is 1.28 bits per heavy atom. The smallest absolute Gasteiger partial charge is 0.317 e. The van der Waals surface area contributed by atoms with Gasteiger partial charge in [-0.3, -0.25) is 4.68 Å². The van der Waals surface area contributed by atoms with E-state index in [1.807, 2.05) is 50.2 Å². The topological polar surface area (TPSA) is 53.4 Å². The lowest BCUT2D eigenvalue weighted by molar-refractivity contribution is 0.191. The van der Waals surface area contributed by atoms with E-state index in [2.05, 4.69) is 21.4 Å². The maximum atomic E-state index is 12.5. The maximum absolute atomic E-state index is 12.5. The number of nitrogens with zero attached hydrogens (tertiary/aromatic N) is 4. The molecular formula is C18H24ClN5O. The number of carbonyl (C=O) groups excluding carboxylic acids is 1. The Bertz CT molecular complexity index is 752. The molecule has 2 aromatic rings. The van der Waals surface area contributed by atoms with Crippen LogP contribution in [-0.4, -0.2) is 46.9 Å². The number of hydrogen-bond donors (Lipinski definition) is 1. The third kappa shape index (κ3) is 4.07. The lowest BCUT2D eigenvalue weighted by atomic mass is 10.1. The Kier molecular flexibility index (Phi) is 5.18. The van der Waals surface area contributed by atoms with Crippen LogP contribution >= 0.6 is 11.6 Å². The summed E-state index contributed by atoms with van der Waals surface area (Å²) >= 11 is 6.07. The number of hydrogen-bond acceptors (Lipinski definition) is 3. The molecule has 1 aromatic carbocycles. The summed E-state index contributed by atoms with van der Waals surface area (Å²) < 4.78 is 1.77. The summed E-state index contributed by atoms with van der Waals surface area (Å²) in [5.74, 6) is 0. The highest BCUT2D eigenvalue weighted by molar-refractivity contribution is 6.30. The summed E-state index contributed by atoms with van der Waals surface area (Å²) in [6.45, 7) is 6.93. The molecule has 1 aromatic heterocycles. The monoisotopic (exact) mass is 361 g/mol.